The van der Waals surface area contributed by atoms with Gasteiger partial charge in [-0.1, -0.05) is 60.7 Å². The minimum atomic E-state index is -0.427. The molecule has 0 spiro atoms. The van der Waals surface area contributed by atoms with E-state index in [1.165, 1.54) is 6.07 Å². The van der Waals surface area contributed by atoms with Gasteiger partial charge in [0.2, 0.25) is 5.91 Å². The van der Waals surface area contributed by atoms with Crippen molar-refractivity contribution in [2.75, 3.05) is 11.4 Å². The van der Waals surface area contributed by atoms with Gasteiger partial charge in [-0.3, -0.25) is 4.79 Å². The molecule has 0 saturated carbocycles. The maximum absolute atomic E-state index is 14.7. The smallest absolute Gasteiger partial charge is 0.234 e. The molecule has 3 rings (SSSR count). The van der Waals surface area contributed by atoms with Crippen LogP contribution in [-0.2, 0) is 4.79 Å². The van der Waals surface area contributed by atoms with E-state index in [1.807, 2.05) is 81.4 Å². The summed E-state index contributed by atoms with van der Waals surface area (Å²) >= 11 is 0. The first-order valence-corrected chi connectivity index (χ1v) is 9.24. The van der Waals surface area contributed by atoms with Crippen LogP contribution in [0.3, 0.4) is 0 Å². The quantitative estimate of drug-likeness (QED) is 0.549. The number of carbonyl (C=O) groups excluding carboxylic acids is 1. The second-order valence-corrected chi connectivity index (χ2v) is 6.70. The van der Waals surface area contributed by atoms with E-state index in [9.17, 15) is 9.18 Å². The molecule has 2 nitrogen and oxygen atoms in total. The predicted molar refractivity (Wildman–Crippen MR) is 109 cm³/mol. The third-order valence-corrected chi connectivity index (χ3v) is 4.94. The summed E-state index contributed by atoms with van der Waals surface area (Å²) in [5.41, 5.74) is 4.01. The van der Waals surface area contributed by atoms with Crippen molar-refractivity contribution in [1.82, 2.24) is 0 Å². The van der Waals surface area contributed by atoms with Gasteiger partial charge in [0.05, 0.1) is 5.92 Å². The van der Waals surface area contributed by atoms with Crippen molar-refractivity contribution in [2.45, 2.75) is 26.7 Å². The molecule has 1 atom stereocenters. The fraction of sp³-hybridized carbons (Fsp3) is 0.208. The van der Waals surface area contributed by atoms with E-state index in [-0.39, 0.29) is 11.7 Å². The van der Waals surface area contributed by atoms with E-state index in [1.54, 1.807) is 11.0 Å². The number of rotatable bonds is 5. The maximum atomic E-state index is 14.7. The Morgan fingerprint density at radius 1 is 1.00 bits per heavy atom. The minimum Gasteiger partial charge on any atom is -0.312 e. The SMILES string of the molecule is CCN(C(=O)C(C)c1ccc(-c2ccccc2)c(F)c1)c1ccccc1C. The number of nitrogens with zero attached hydrogens (tertiary/aromatic N) is 1. The van der Waals surface area contributed by atoms with Gasteiger partial charge >= 0.3 is 0 Å². The molecule has 0 aliphatic carbocycles. The average molecular weight is 361 g/mol. The van der Waals surface area contributed by atoms with Crippen LogP contribution in [0, 0.1) is 12.7 Å². The summed E-state index contributed by atoms with van der Waals surface area (Å²) in [7, 11) is 0. The molecule has 0 aromatic heterocycles. The number of halogens is 1. The van der Waals surface area contributed by atoms with Crippen LogP contribution >= 0.6 is 0 Å². The third-order valence-electron chi connectivity index (χ3n) is 4.94. The summed E-state index contributed by atoms with van der Waals surface area (Å²) in [6.45, 7) is 6.35. The normalized spacial score (nSPS) is 11.9. The molecule has 0 fully saturated rings. The van der Waals surface area contributed by atoms with Gasteiger partial charge in [0.25, 0.3) is 0 Å². The Balaban J connectivity index is 1.89. The van der Waals surface area contributed by atoms with Crippen LogP contribution < -0.4 is 4.90 Å². The summed E-state index contributed by atoms with van der Waals surface area (Å²) in [5, 5.41) is 0. The number of anilines is 1. The van der Waals surface area contributed by atoms with Crippen molar-refractivity contribution in [3.63, 3.8) is 0 Å². The van der Waals surface area contributed by atoms with Gasteiger partial charge < -0.3 is 4.90 Å². The lowest BCUT2D eigenvalue weighted by Gasteiger charge is -2.26. The summed E-state index contributed by atoms with van der Waals surface area (Å²) in [6.07, 6.45) is 0. The van der Waals surface area contributed by atoms with Gasteiger partial charge in [-0.15, -0.1) is 0 Å². The predicted octanol–water partition coefficient (Wildman–Crippen LogP) is 5.96. The number of hydrogen-bond donors (Lipinski definition) is 0. The second-order valence-electron chi connectivity index (χ2n) is 6.70. The number of aryl methyl sites for hydroxylation is 1. The van der Waals surface area contributed by atoms with E-state index >= 15 is 0 Å². The molecule has 3 aromatic rings. The zero-order valence-electron chi connectivity index (χ0n) is 15.9. The highest BCUT2D eigenvalue weighted by Crippen LogP contribution is 2.29. The molecule has 0 heterocycles. The van der Waals surface area contributed by atoms with Crippen LogP contribution in [0.5, 0.6) is 0 Å². The fourth-order valence-corrected chi connectivity index (χ4v) is 3.34. The maximum Gasteiger partial charge on any atom is 0.234 e. The number of likely N-dealkylation sites (N-methyl/N-ethyl adjacent to an activating group) is 1. The molecule has 3 aromatic carbocycles. The molecule has 1 unspecified atom stereocenters. The number of hydrogen-bond acceptors (Lipinski definition) is 1. The van der Waals surface area contributed by atoms with E-state index in [4.69, 9.17) is 0 Å². The van der Waals surface area contributed by atoms with Gasteiger partial charge in [-0.25, -0.2) is 4.39 Å². The molecular formula is C24H24FNO. The van der Waals surface area contributed by atoms with Crippen LogP contribution in [0.2, 0.25) is 0 Å². The van der Waals surface area contributed by atoms with Crippen LogP contribution in [0.4, 0.5) is 10.1 Å². The number of amides is 1. The highest BCUT2D eigenvalue weighted by molar-refractivity contribution is 5.98. The number of para-hydroxylation sites is 1. The van der Waals surface area contributed by atoms with Crippen molar-refractivity contribution in [1.29, 1.82) is 0 Å². The lowest BCUT2D eigenvalue weighted by molar-refractivity contribution is -0.119. The molecular weight excluding hydrogens is 337 g/mol. The van der Waals surface area contributed by atoms with Gasteiger partial charge in [0.1, 0.15) is 5.82 Å². The average Bonchev–Trinajstić information content (AvgIpc) is 2.70. The van der Waals surface area contributed by atoms with Gasteiger partial charge in [0, 0.05) is 17.8 Å². The molecule has 0 N–H and O–H groups in total. The Bertz CT molecular complexity index is 936. The molecule has 1 amide bonds. The third kappa shape index (κ3) is 3.92. The summed E-state index contributed by atoms with van der Waals surface area (Å²) in [5.74, 6) is -0.764. The second kappa shape index (κ2) is 8.17. The first-order valence-electron chi connectivity index (χ1n) is 9.24. The van der Waals surface area contributed by atoms with Crippen molar-refractivity contribution in [2.24, 2.45) is 0 Å². The Morgan fingerprint density at radius 2 is 1.67 bits per heavy atom. The largest absolute Gasteiger partial charge is 0.312 e. The van der Waals surface area contributed by atoms with Crippen LogP contribution in [-0.4, -0.2) is 12.5 Å². The zero-order chi connectivity index (χ0) is 19.4. The fourth-order valence-electron chi connectivity index (χ4n) is 3.34. The lowest BCUT2D eigenvalue weighted by Crippen LogP contribution is -2.34. The summed E-state index contributed by atoms with van der Waals surface area (Å²) in [4.78, 5) is 14.9. The molecule has 0 aliphatic heterocycles. The molecule has 0 radical (unpaired) electrons. The molecule has 0 bridgehead atoms. The summed E-state index contributed by atoms with van der Waals surface area (Å²) < 4.78 is 14.7. The van der Waals surface area contributed by atoms with Crippen molar-refractivity contribution < 1.29 is 9.18 Å². The Labute approximate surface area is 160 Å². The Hall–Kier alpha value is -2.94. The topological polar surface area (TPSA) is 20.3 Å². The first kappa shape index (κ1) is 18.8. The number of carbonyl (C=O) groups is 1. The molecule has 138 valence electrons. The Kier molecular flexibility index (Phi) is 5.70. The van der Waals surface area contributed by atoms with E-state index < -0.39 is 5.92 Å². The standard InChI is InChI=1S/C24H24FNO/c1-4-26(23-13-9-8-10-17(23)2)24(27)18(3)20-14-15-21(22(25)16-20)19-11-6-5-7-12-19/h5-16,18H,4H2,1-3H3. The van der Waals surface area contributed by atoms with Crippen LogP contribution in [0.1, 0.15) is 30.9 Å². The monoisotopic (exact) mass is 361 g/mol. The highest BCUT2D eigenvalue weighted by atomic mass is 19.1. The van der Waals surface area contributed by atoms with Crippen LogP contribution in [0.15, 0.2) is 72.8 Å². The molecule has 0 saturated heterocycles. The molecule has 3 heteroatoms. The van der Waals surface area contributed by atoms with Gasteiger partial charge in [-0.05, 0) is 49.6 Å². The van der Waals surface area contributed by atoms with Crippen molar-refractivity contribution >= 4 is 11.6 Å². The molecule has 27 heavy (non-hydrogen) atoms. The van der Waals surface area contributed by atoms with E-state index in [0.717, 1.165) is 16.8 Å². The summed E-state index contributed by atoms with van der Waals surface area (Å²) in [6, 6.07) is 22.3. The first-order chi connectivity index (χ1) is 13.0. The number of benzene rings is 3. The highest BCUT2D eigenvalue weighted by Gasteiger charge is 2.24. The van der Waals surface area contributed by atoms with E-state index in [2.05, 4.69) is 0 Å². The molecule has 0 aliphatic rings. The van der Waals surface area contributed by atoms with Crippen molar-refractivity contribution in [3.8, 4) is 11.1 Å². The van der Waals surface area contributed by atoms with Crippen molar-refractivity contribution in [3.05, 3.63) is 89.7 Å². The van der Waals surface area contributed by atoms with Crippen LogP contribution in [0.25, 0.3) is 11.1 Å². The Morgan fingerprint density at radius 3 is 2.30 bits per heavy atom. The zero-order valence-corrected chi connectivity index (χ0v) is 15.9. The lowest BCUT2D eigenvalue weighted by atomic mass is 9.95. The minimum absolute atomic E-state index is 0.0290. The van der Waals surface area contributed by atoms with Gasteiger partial charge in [0.15, 0.2) is 0 Å². The van der Waals surface area contributed by atoms with Gasteiger partial charge in [-0.2, -0.15) is 0 Å². The van der Waals surface area contributed by atoms with E-state index in [0.29, 0.717) is 17.7 Å².